The average Bonchev–Trinajstić information content (AvgIpc) is 3.16. The predicted molar refractivity (Wildman–Crippen MR) is 114 cm³/mol. The summed E-state index contributed by atoms with van der Waals surface area (Å²) in [6.07, 6.45) is -4.83. The van der Waals surface area contributed by atoms with Gasteiger partial charge < -0.3 is 20.6 Å². The molecule has 2 aromatic carbocycles. The summed E-state index contributed by atoms with van der Waals surface area (Å²) in [5.41, 5.74) is 0.173. The van der Waals surface area contributed by atoms with Crippen LogP contribution < -0.4 is 10.6 Å². The van der Waals surface area contributed by atoms with Gasteiger partial charge in [0, 0.05) is 13.0 Å². The van der Waals surface area contributed by atoms with Crippen LogP contribution in [0.4, 0.5) is 18.9 Å². The molecule has 3 N–H and O–H groups in total. The van der Waals surface area contributed by atoms with Crippen LogP contribution in [0.5, 0.6) is 0 Å². The van der Waals surface area contributed by atoms with E-state index in [9.17, 15) is 32.3 Å². The van der Waals surface area contributed by atoms with E-state index in [4.69, 9.17) is 5.11 Å². The lowest BCUT2D eigenvalue weighted by Crippen LogP contribution is -2.51. The van der Waals surface area contributed by atoms with Gasteiger partial charge in [0.2, 0.25) is 11.8 Å². The van der Waals surface area contributed by atoms with Gasteiger partial charge in [-0.15, -0.1) is 0 Å². The molecule has 0 bridgehead atoms. The van der Waals surface area contributed by atoms with Crippen molar-refractivity contribution in [2.45, 2.75) is 37.5 Å². The monoisotopic (exact) mass is 475 g/mol. The SMILES string of the molecule is O=C(O)CCC(=O)NC1CCN2C(=O)c3cc(-c4cccc(C(F)(F)F)c4)ccc3NC(=O)C12. The van der Waals surface area contributed by atoms with Gasteiger partial charge >= 0.3 is 12.1 Å². The third-order valence-electron chi connectivity index (χ3n) is 5.87. The van der Waals surface area contributed by atoms with E-state index in [1.807, 2.05) is 0 Å². The minimum atomic E-state index is -4.52. The summed E-state index contributed by atoms with van der Waals surface area (Å²) in [5, 5.41) is 14.0. The Hall–Kier alpha value is -3.89. The number of nitrogens with zero attached hydrogens (tertiary/aromatic N) is 1. The summed E-state index contributed by atoms with van der Waals surface area (Å²) in [7, 11) is 0. The van der Waals surface area contributed by atoms with Crippen LogP contribution in [-0.2, 0) is 20.6 Å². The van der Waals surface area contributed by atoms with Crippen molar-refractivity contribution in [3.63, 3.8) is 0 Å². The number of hydrogen-bond donors (Lipinski definition) is 3. The second-order valence-electron chi connectivity index (χ2n) is 8.13. The van der Waals surface area contributed by atoms with E-state index in [0.717, 1.165) is 12.1 Å². The number of anilines is 1. The number of aliphatic carboxylic acids is 1. The number of alkyl halides is 3. The number of benzene rings is 2. The summed E-state index contributed by atoms with van der Waals surface area (Å²) in [4.78, 5) is 50.3. The van der Waals surface area contributed by atoms with E-state index in [-0.39, 0.29) is 36.2 Å². The first-order valence-electron chi connectivity index (χ1n) is 10.5. The molecular weight excluding hydrogens is 455 g/mol. The normalized spacial score (nSPS) is 19.7. The Morgan fingerprint density at radius 3 is 2.53 bits per heavy atom. The molecule has 34 heavy (non-hydrogen) atoms. The zero-order valence-corrected chi connectivity index (χ0v) is 17.7. The molecule has 4 rings (SSSR count). The maximum atomic E-state index is 13.3. The minimum Gasteiger partial charge on any atom is -0.481 e. The van der Waals surface area contributed by atoms with Gasteiger partial charge in [0.05, 0.1) is 29.3 Å². The number of rotatable bonds is 5. The number of amides is 3. The lowest BCUT2D eigenvalue weighted by molar-refractivity contribution is -0.139. The molecule has 2 aliphatic rings. The van der Waals surface area contributed by atoms with Crippen LogP contribution in [-0.4, -0.2) is 52.3 Å². The van der Waals surface area contributed by atoms with E-state index >= 15 is 0 Å². The molecule has 2 heterocycles. The summed E-state index contributed by atoms with van der Waals surface area (Å²) in [5.74, 6) is -2.67. The van der Waals surface area contributed by atoms with Crippen LogP contribution in [0, 0.1) is 0 Å². The predicted octanol–water partition coefficient (Wildman–Crippen LogP) is 2.89. The van der Waals surface area contributed by atoms with Crippen LogP contribution >= 0.6 is 0 Å². The second-order valence-corrected chi connectivity index (χ2v) is 8.13. The molecule has 0 saturated carbocycles. The Balaban J connectivity index is 1.60. The molecule has 1 fully saturated rings. The lowest BCUT2D eigenvalue weighted by atomic mass is 9.99. The van der Waals surface area contributed by atoms with E-state index in [0.29, 0.717) is 12.0 Å². The number of carbonyl (C=O) groups is 4. The molecule has 0 spiro atoms. The Morgan fingerprint density at radius 2 is 1.82 bits per heavy atom. The van der Waals surface area contributed by atoms with Crippen LogP contribution in [0.25, 0.3) is 11.1 Å². The molecule has 0 radical (unpaired) electrons. The number of nitrogens with one attached hydrogen (secondary N) is 2. The highest BCUT2D eigenvalue weighted by atomic mass is 19.4. The molecule has 2 aromatic rings. The quantitative estimate of drug-likeness (QED) is 0.615. The average molecular weight is 475 g/mol. The van der Waals surface area contributed by atoms with Gasteiger partial charge in [-0.05, 0) is 41.8 Å². The van der Waals surface area contributed by atoms with Crippen molar-refractivity contribution in [3.8, 4) is 11.1 Å². The third kappa shape index (κ3) is 4.59. The number of halogens is 3. The maximum absolute atomic E-state index is 13.3. The third-order valence-corrected chi connectivity index (χ3v) is 5.87. The van der Waals surface area contributed by atoms with Gasteiger partial charge in [-0.25, -0.2) is 0 Å². The molecule has 3 amide bonds. The molecule has 178 valence electrons. The standard InChI is InChI=1S/C23H20F3N3O5/c24-23(25,26)14-3-1-2-12(10-14)13-4-5-16-15(11-13)22(34)29-9-8-17(20(29)21(33)28-16)27-18(30)6-7-19(31)32/h1-5,10-11,17,20H,6-9H2,(H,27,30)(H,28,33)(H,31,32). The fourth-order valence-electron chi connectivity index (χ4n) is 4.24. The Morgan fingerprint density at radius 1 is 1.09 bits per heavy atom. The van der Waals surface area contributed by atoms with Crippen molar-refractivity contribution in [2.24, 2.45) is 0 Å². The number of carbonyl (C=O) groups excluding carboxylic acids is 3. The summed E-state index contributed by atoms with van der Waals surface area (Å²) in [6, 6.07) is 7.45. The Labute approximate surface area is 191 Å². The van der Waals surface area contributed by atoms with E-state index in [1.165, 1.54) is 35.2 Å². The maximum Gasteiger partial charge on any atom is 0.416 e. The van der Waals surface area contributed by atoms with E-state index in [2.05, 4.69) is 10.6 Å². The van der Waals surface area contributed by atoms with Crippen molar-refractivity contribution >= 4 is 29.4 Å². The van der Waals surface area contributed by atoms with Crippen LogP contribution in [0.1, 0.15) is 35.2 Å². The minimum absolute atomic E-state index is 0.128. The van der Waals surface area contributed by atoms with Crippen molar-refractivity contribution in [1.29, 1.82) is 0 Å². The first kappa shape index (κ1) is 23.3. The van der Waals surface area contributed by atoms with Crippen LogP contribution in [0.3, 0.4) is 0 Å². The van der Waals surface area contributed by atoms with Crippen molar-refractivity contribution in [1.82, 2.24) is 10.2 Å². The Kier molecular flexibility index (Phi) is 6.03. The van der Waals surface area contributed by atoms with E-state index < -0.39 is 47.5 Å². The fourth-order valence-corrected chi connectivity index (χ4v) is 4.24. The zero-order valence-electron chi connectivity index (χ0n) is 17.7. The lowest BCUT2D eigenvalue weighted by Gasteiger charge is -2.25. The van der Waals surface area contributed by atoms with Crippen molar-refractivity contribution < 1.29 is 37.5 Å². The largest absolute Gasteiger partial charge is 0.481 e. The van der Waals surface area contributed by atoms with E-state index in [1.54, 1.807) is 0 Å². The highest BCUT2D eigenvalue weighted by molar-refractivity contribution is 6.11. The summed E-state index contributed by atoms with van der Waals surface area (Å²) >= 11 is 0. The van der Waals surface area contributed by atoms with Gasteiger partial charge in [0.15, 0.2) is 0 Å². The van der Waals surface area contributed by atoms with Crippen molar-refractivity contribution in [2.75, 3.05) is 11.9 Å². The molecule has 2 unspecified atom stereocenters. The molecule has 0 aliphatic carbocycles. The highest BCUT2D eigenvalue weighted by Crippen LogP contribution is 2.35. The topological polar surface area (TPSA) is 116 Å². The van der Waals surface area contributed by atoms with Gasteiger partial charge in [0.25, 0.3) is 5.91 Å². The molecule has 1 saturated heterocycles. The second kappa shape index (κ2) is 8.81. The number of carboxylic acid groups (broad SMARTS) is 1. The first-order chi connectivity index (χ1) is 16.0. The molecule has 11 heteroatoms. The number of hydrogen-bond acceptors (Lipinski definition) is 4. The molecule has 2 aliphatic heterocycles. The van der Waals surface area contributed by atoms with Gasteiger partial charge in [-0.3, -0.25) is 19.2 Å². The summed E-state index contributed by atoms with van der Waals surface area (Å²) < 4.78 is 39.3. The zero-order chi connectivity index (χ0) is 24.6. The number of fused-ring (bicyclic) bond motifs is 2. The van der Waals surface area contributed by atoms with Crippen LogP contribution in [0.2, 0.25) is 0 Å². The van der Waals surface area contributed by atoms with Gasteiger partial charge in [-0.1, -0.05) is 18.2 Å². The van der Waals surface area contributed by atoms with Crippen molar-refractivity contribution in [3.05, 3.63) is 53.6 Å². The van der Waals surface area contributed by atoms with Crippen LogP contribution in [0.15, 0.2) is 42.5 Å². The summed E-state index contributed by atoms with van der Waals surface area (Å²) in [6.45, 7) is 0.175. The Bertz CT molecular complexity index is 1180. The highest BCUT2D eigenvalue weighted by Gasteiger charge is 2.45. The van der Waals surface area contributed by atoms with Gasteiger partial charge in [-0.2, -0.15) is 13.2 Å². The first-order valence-corrected chi connectivity index (χ1v) is 10.5. The fraction of sp³-hybridized carbons (Fsp3) is 0.304. The molecule has 8 nitrogen and oxygen atoms in total. The number of carboxylic acids is 1. The molecule has 2 atom stereocenters. The molecular formula is C23H20F3N3O5. The van der Waals surface area contributed by atoms with Gasteiger partial charge in [0.1, 0.15) is 6.04 Å². The smallest absolute Gasteiger partial charge is 0.416 e. The molecule has 0 aromatic heterocycles.